The average Bonchev–Trinajstić information content (AvgIpc) is 1.67. The lowest BCUT2D eigenvalue weighted by Gasteiger charge is -2.40. The Morgan fingerprint density at radius 1 is 0.430 bits per heavy atom. The summed E-state index contributed by atoms with van der Waals surface area (Å²) in [6, 6.07) is 17.0. The van der Waals surface area contributed by atoms with Crippen LogP contribution in [0.4, 0.5) is 52.6 Å². The number of rotatable bonds is 21. The van der Waals surface area contributed by atoms with Crippen molar-refractivity contribution >= 4 is 74.2 Å². The van der Waals surface area contributed by atoms with Gasteiger partial charge in [-0.2, -0.15) is 33.7 Å². The summed E-state index contributed by atoms with van der Waals surface area (Å²) in [6.45, 7) is 25.5. The molecule has 0 radical (unpaired) electrons. The third-order valence-corrected chi connectivity index (χ3v) is 25.0. The monoisotopic (exact) mass is 1850 g/mol. The largest absolute Gasteiger partial charge is 0.507 e. The van der Waals surface area contributed by atoms with Crippen molar-refractivity contribution in [2.24, 2.45) is 0 Å². The number of piperazine rings is 3. The summed E-state index contributed by atoms with van der Waals surface area (Å²) >= 11 is 0. The minimum atomic E-state index is -3.15. The zero-order chi connectivity index (χ0) is 95.9. The van der Waals surface area contributed by atoms with Crippen LogP contribution in [0.15, 0.2) is 137 Å². The first-order valence-corrected chi connectivity index (χ1v) is 44.5. The number of aromatic carboxylic acids is 1. The Kier molecular flexibility index (Phi) is 25.3. The maximum Gasteiger partial charge on any atom is 0.389 e. The van der Waals surface area contributed by atoms with Gasteiger partial charge < -0.3 is 44.3 Å². The van der Waals surface area contributed by atoms with Crippen molar-refractivity contribution in [1.29, 1.82) is 0 Å². The standard InChI is InChI=1S/C32H29F4N7O3.C32H29F2N7O4.C32H35F2N7O3/c1-3-23(44)41-12-13-42(16(2)15-41)28-20-14-22(34)26(19-6-4-5-7-21(19)33)37-29(20)43(32(45)40-28)27-24(17-8-9-17)38-31(46-30(35)36)39-25(27)18-10-11-18;1-3-23(42)39-12-13-40(16(2)15-39)29-20-14-22(34)26(19-6-4-5-7-21(19)33)37-30(20)41(32(45)38-29)27-24(17-8-9-17)35-28(31(43)44)36-25(27)18-10-11-18;1-8-24(43)39-12-13-40(18(6)15-39)30-20-14-22(34)28(25-21(33)10-9-11-23(25)42)37-31(20)41(32(44)38-30)29-26(16(2)3)35-19(7)36-27(29)17(4)5/h3-7,14,16-18,30H,1,8-13,15H2,2H3;3-7,14,16-18H,1,8-13,15H2,2H3,(H,43,44);8-11,14,16-18,42H,1,12-13,15H2,2-7H3/t2*16-;18-/m000/s1. The topological polar surface area (TPSA) is 358 Å². The number of carboxylic acids is 1. The van der Waals surface area contributed by atoms with E-state index in [1.807, 2.05) is 63.2 Å². The van der Waals surface area contributed by atoms with Gasteiger partial charge in [-0.3, -0.25) is 14.4 Å². The lowest BCUT2D eigenvalue weighted by Crippen LogP contribution is -2.54. The molecule has 3 aliphatic heterocycles. The Morgan fingerprint density at radius 3 is 1.08 bits per heavy atom. The first-order chi connectivity index (χ1) is 64.6. The number of aryl methyl sites for hydroxylation is 1. The van der Waals surface area contributed by atoms with Crippen LogP contribution in [0.25, 0.3) is 83.9 Å². The molecule has 2 N–H and O–H groups in total. The van der Waals surface area contributed by atoms with E-state index in [4.69, 9.17) is 0 Å². The Bertz CT molecular complexity index is 6970. The Hall–Kier alpha value is -14.7. The molecule has 3 atom stereocenters. The van der Waals surface area contributed by atoms with E-state index in [2.05, 4.69) is 84.3 Å². The van der Waals surface area contributed by atoms with Crippen LogP contribution in [0, 0.1) is 41.8 Å². The first-order valence-electron chi connectivity index (χ1n) is 44.5. The number of pyridine rings is 3. The second-order valence-electron chi connectivity index (χ2n) is 35.2. The van der Waals surface area contributed by atoms with E-state index in [1.54, 1.807) is 33.8 Å². The molecule has 3 saturated heterocycles. The SMILES string of the molecule is C=CC(=O)N1CCN(c2nc(=O)n(-c3c(C(C)C)nc(C)nc3C(C)C)c3nc(-c4c(O)cccc4F)c(F)cc23)[C@@H](C)C1.C=CC(=O)N1CCN(c2nc(=O)n(-c3c(C4CC4)nc(C(=O)O)nc3C3CC3)c3nc(-c4ccccc4F)c(F)cc23)[C@@H](C)C1.C=CC(=O)N1CCN(c2nc(=O)n(-c3c(C4CC4)nc(OC(F)F)nc3C3CC3)c3nc(-c4ccccc4F)c(F)cc23)[C@@H](C)C1. The van der Waals surface area contributed by atoms with Crippen molar-refractivity contribution in [3.8, 4) is 62.6 Å². The second kappa shape index (κ2) is 37.0. The number of ether oxygens (including phenoxy) is 1. The van der Waals surface area contributed by atoms with Crippen molar-refractivity contribution in [1.82, 2.24) is 88.2 Å². The highest BCUT2D eigenvalue weighted by Crippen LogP contribution is 2.51. The summed E-state index contributed by atoms with van der Waals surface area (Å²) in [4.78, 5) is 156. The predicted molar refractivity (Wildman–Crippen MR) is 485 cm³/mol. The quantitative estimate of drug-likeness (QED) is 0.0498. The molecule has 12 heterocycles. The number of aromatic hydroxyl groups is 1. The summed E-state index contributed by atoms with van der Waals surface area (Å²) in [5.41, 5.74) is -0.268. The van der Waals surface area contributed by atoms with Crippen LogP contribution in [0.5, 0.6) is 11.8 Å². The van der Waals surface area contributed by atoms with E-state index in [-0.39, 0.29) is 162 Å². The number of phenolic OH excluding ortho intramolecular Hbond substituents is 1. The number of phenols is 1. The number of benzene rings is 3. The van der Waals surface area contributed by atoms with Gasteiger partial charge in [-0.05, 0) is 164 Å². The molecule has 3 amide bonds. The summed E-state index contributed by atoms with van der Waals surface area (Å²) < 4.78 is 128. The van der Waals surface area contributed by atoms with Gasteiger partial charge in [-0.25, -0.2) is 94.1 Å². The lowest BCUT2D eigenvalue weighted by molar-refractivity contribution is -0.127. The van der Waals surface area contributed by atoms with Gasteiger partial charge in [0.15, 0.2) is 22.8 Å². The van der Waals surface area contributed by atoms with Crippen LogP contribution in [-0.4, -0.2) is 206 Å². The number of hydrogen-bond acceptors (Lipinski definition) is 24. The third-order valence-electron chi connectivity index (χ3n) is 25.0. The van der Waals surface area contributed by atoms with E-state index in [0.29, 0.717) is 129 Å². The van der Waals surface area contributed by atoms with E-state index in [9.17, 15) is 61.3 Å². The molecule has 39 heteroatoms. The molecular weight excluding hydrogens is 1760 g/mol. The number of carbonyl (C=O) groups is 4. The van der Waals surface area contributed by atoms with Crippen LogP contribution in [0.3, 0.4) is 0 Å². The average molecular weight is 1850 g/mol. The van der Waals surface area contributed by atoms with Gasteiger partial charge in [0, 0.05) is 112 Å². The maximum absolute atomic E-state index is 16.0. The van der Waals surface area contributed by atoms with Crippen LogP contribution in [-0.2, 0) is 14.4 Å². The van der Waals surface area contributed by atoms with Crippen molar-refractivity contribution in [2.75, 3.05) is 73.6 Å². The fourth-order valence-electron chi connectivity index (χ4n) is 17.8. The maximum atomic E-state index is 16.0. The molecule has 4 aliphatic carbocycles. The molecule has 9 aromatic heterocycles. The molecule has 19 rings (SSSR count). The smallest absolute Gasteiger partial charge is 0.389 e. The summed E-state index contributed by atoms with van der Waals surface area (Å²) in [7, 11) is 0. The molecule has 12 aromatic rings. The minimum Gasteiger partial charge on any atom is -0.507 e. The fraction of sp³-hybridized carbons (Fsp3) is 0.365. The van der Waals surface area contributed by atoms with E-state index in [1.165, 1.54) is 92.6 Å². The van der Waals surface area contributed by atoms with Gasteiger partial charge in [-0.15, -0.1) is 0 Å². The summed E-state index contributed by atoms with van der Waals surface area (Å²) in [5.74, 6) is -7.35. The molecular formula is C96H93F8N21O10. The Balaban J connectivity index is 0.000000141. The lowest BCUT2D eigenvalue weighted by atomic mass is 10.0. The summed E-state index contributed by atoms with van der Waals surface area (Å²) in [5, 5.41) is 20.9. The number of fused-ring (bicyclic) bond motifs is 3. The van der Waals surface area contributed by atoms with Crippen LogP contribution < -0.4 is 36.5 Å². The van der Waals surface area contributed by atoms with Crippen molar-refractivity contribution < 1.29 is 69.3 Å². The van der Waals surface area contributed by atoms with Crippen LogP contribution in [0.2, 0.25) is 0 Å². The fourth-order valence-corrected chi connectivity index (χ4v) is 17.8. The molecule has 7 fully saturated rings. The molecule has 7 aliphatic rings. The van der Waals surface area contributed by atoms with Crippen LogP contribution >= 0.6 is 0 Å². The van der Waals surface area contributed by atoms with E-state index in [0.717, 1.165) is 37.8 Å². The molecule has 0 unspecified atom stereocenters. The number of anilines is 3. The van der Waals surface area contributed by atoms with Gasteiger partial charge in [0.05, 0.1) is 72.9 Å². The number of amides is 3. The normalized spacial score (nSPS) is 17.4. The third kappa shape index (κ3) is 18.0. The van der Waals surface area contributed by atoms with Crippen molar-refractivity contribution in [2.45, 2.75) is 167 Å². The number of nitrogens with zero attached hydrogens (tertiary/aromatic N) is 21. The molecule has 698 valence electrons. The summed E-state index contributed by atoms with van der Waals surface area (Å²) in [6.07, 6.45) is 9.53. The number of halogens is 8. The number of alkyl halides is 2. The predicted octanol–water partition coefficient (Wildman–Crippen LogP) is 14.3. The highest BCUT2D eigenvalue weighted by Gasteiger charge is 2.43. The minimum absolute atomic E-state index is 0.00658. The van der Waals surface area contributed by atoms with E-state index < -0.39 is 87.6 Å². The zero-order valence-electron chi connectivity index (χ0n) is 74.8. The Morgan fingerprint density at radius 2 is 0.763 bits per heavy atom. The van der Waals surface area contributed by atoms with Crippen molar-refractivity contribution in [3.63, 3.8) is 0 Å². The zero-order valence-corrected chi connectivity index (χ0v) is 74.8. The molecule has 3 aromatic carbocycles. The van der Waals surface area contributed by atoms with Gasteiger partial charge >= 0.3 is 35.7 Å². The van der Waals surface area contributed by atoms with Crippen molar-refractivity contribution in [3.05, 3.63) is 235 Å². The Labute approximate surface area is 766 Å². The number of carbonyl (C=O) groups excluding carboxylic acids is 3. The highest BCUT2D eigenvalue weighted by atomic mass is 19.3. The molecule has 4 saturated carbocycles. The molecule has 31 nitrogen and oxygen atoms in total. The number of carboxylic acid groups (broad SMARTS) is 1. The van der Waals surface area contributed by atoms with E-state index >= 15 is 17.6 Å². The molecule has 0 spiro atoms. The van der Waals surface area contributed by atoms with Gasteiger partial charge in [0.2, 0.25) is 23.5 Å². The van der Waals surface area contributed by atoms with Gasteiger partial charge in [0.25, 0.3) is 0 Å². The molecule has 135 heavy (non-hydrogen) atoms. The van der Waals surface area contributed by atoms with Gasteiger partial charge in [0.1, 0.15) is 75.2 Å². The van der Waals surface area contributed by atoms with Crippen LogP contribution in [0.1, 0.15) is 186 Å². The van der Waals surface area contributed by atoms with Gasteiger partial charge in [-0.1, -0.05) is 77.8 Å². The number of hydrogen-bond donors (Lipinski definition) is 2. The highest BCUT2D eigenvalue weighted by molar-refractivity contribution is 5.95. The second-order valence-corrected chi connectivity index (χ2v) is 35.2. The first kappa shape index (κ1) is 92.2. The number of aromatic nitrogens is 15. The molecule has 0 bridgehead atoms.